The number of rotatable bonds is 5. The van der Waals surface area contributed by atoms with Crippen molar-refractivity contribution in [3.63, 3.8) is 0 Å². The summed E-state index contributed by atoms with van der Waals surface area (Å²) in [6.45, 7) is 10.4. The molecule has 128 valence electrons. The first-order valence-corrected chi connectivity index (χ1v) is 8.96. The summed E-state index contributed by atoms with van der Waals surface area (Å²) in [7, 11) is 0. The van der Waals surface area contributed by atoms with E-state index >= 15 is 0 Å². The molecule has 0 bridgehead atoms. The largest absolute Gasteiger partial charge is 0.460 e. The maximum absolute atomic E-state index is 5.69. The van der Waals surface area contributed by atoms with Crippen molar-refractivity contribution in [3.05, 3.63) is 76.3 Å². The first-order chi connectivity index (χ1) is 12.0. The standard InChI is InChI=1S/C20H21N3OS/c1-14(2)12-21-20-23(22-16(4)19-11-10-15(3)24-19)18(13-25-20)17-8-6-5-7-9-17/h5-11,13H,1,12H2,2-4H3. The number of nitrogens with zero attached hydrogens (tertiary/aromatic N) is 3. The van der Waals surface area contributed by atoms with Crippen LogP contribution >= 0.6 is 11.3 Å². The van der Waals surface area contributed by atoms with Crippen LogP contribution in [0.2, 0.25) is 0 Å². The molecule has 0 atom stereocenters. The van der Waals surface area contributed by atoms with Crippen molar-refractivity contribution in [2.24, 2.45) is 10.1 Å². The molecule has 0 amide bonds. The molecule has 0 N–H and O–H groups in total. The molecule has 3 rings (SSSR count). The van der Waals surface area contributed by atoms with Crippen molar-refractivity contribution >= 4 is 17.0 Å². The van der Waals surface area contributed by atoms with Gasteiger partial charge < -0.3 is 4.42 Å². The molecule has 0 fully saturated rings. The van der Waals surface area contributed by atoms with Crippen molar-refractivity contribution in [2.45, 2.75) is 20.8 Å². The van der Waals surface area contributed by atoms with Gasteiger partial charge in [0, 0.05) is 10.9 Å². The van der Waals surface area contributed by atoms with Gasteiger partial charge in [0.15, 0.2) is 0 Å². The molecule has 2 heterocycles. The third-order valence-corrected chi connectivity index (χ3v) is 4.44. The summed E-state index contributed by atoms with van der Waals surface area (Å²) in [6, 6.07) is 14.1. The van der Waals surface area contributed by atoms with Crippen LogP contribution in [0.5, 0.6) is 0 Å². The number of aryl methyl sites for hydroxylation is 1. The predicted octanol–water partition coefficient (Wildman–Crippen LogP) is 4.87. The third kappa shape index (κ3) is 4.06. The minimum atomic E-state index is 0.586. The maximum Gasteiger partial charge on any atom is 0.206 e. The molecular weight excluding hydrogens is 330 g/mol. The lowest BCUT2D eigenvalue weighted by Crippen LogP contribution is -2.14. The van der Waals surface area contributed by atoms with Crippen molar-refractivity contribution < 1.29 is 4.42 Å². The quantitative estimate of drug-likeness (QED) is 0.478. The first-order valence-electron chi connectivity index (χ1n) is 8.08. The summed E-state index contributed by atoms with van der Waals surface area (Å²) in [5.74, 6) is 1.64. The molecule has 1 aromatic carbocycles. The van der Waals surface area contributed by atoms with E-state index in [9.17, 15) is 0 Å². The molecule has 0 aliphatic rings. The Morgan fingerprint density at radius 3 is 2.56 bits per heavy atom. The first kappa shape index (κ1) is 17.2. The highest BCUT2D eigenvalue weighted by Crippen LogP contribution is 2.20. The summed E-state index contributed by atoms with van der Waals surface area (Å²) in [5, 5.41) is 6.86. The van der Waals surface area contributed by atoms with Crippen LogP contribution in [-0.4, -0.2) is 16.9 Å². The van der Waals surface area contributed by atoms with Gasteiger partial charge in [-0.15, -0.1) is 11.3 Å². The van der Waals surface area contributed by atoms with E-state index in [-0.39, 0.29) is 0 Å². The summed E-state index contributed by atoms with van der Waals surface area (Å²) in [5.41, 5.74) is 3.93. The Morgan fingerprint density at radius 1 is 1.16 bits per heavy atom. The Hall–Kier alpha value is -2.66. The second-order valence-corrected chi connectivity index (χ2v) is 6.79. The predicted molar refractivity (Wildman–Crippen MR) is 104 cm³/mol. The third-order valence-electron chi connectivity index (χ3n) is 3.59. The van der Waals surface area contributed by atoms with Crippen molar-refractivity contribution in [3.8, 4) is 11.3 Å². The molecular formula is C20H21N3OS. The molecule has 0 radical (unpaired) electrons. The van der Waals surface area contributed by atoms with Gasteiger partial charge in [-0.25, -0.2) is 4.68 Å². The molecule has 0 saturated heterocycles. The minimum absolute atomic E-state index is 0.586. The van der Waals surface area contributed by atoms with Crippen molar-refractivity contribution in [2.75, 3.05) is 6.54 Å². The van der Waals surface area contributed by atoms with Gasteiger partial charge in [0.05, 0.1) is 12.2 Å². The van der Waals surface area contributed by atoms with E-state index in [0.29, 0.717) is 6.54 Å². The number of hydrogen-bond acceptors (Lipinski definition) is 4. The zero-order valence-corrected chi connectivity index (χ0v) is 15.5. The molecule has 5 heteroatoms. The van der Waals surface area contributed by atoms with Gasteiger partial charge in [-0.05, 0) is 32.9 Å². The number of hydrogen-bond donors (Lipinski definition) is 0. The Balaban J connectivity index is 2.13. The molecule has 0 aliphatic heterocycles. The molecule has 0 aliphatic carbocycles. The molecule has 25 heavy (non-hydrogen) atoms. The molecule has 4 nitrogen and oxygen atoms in total. The summed E-state index contributed by atoms with van der Waals surface area (Å²) >= 11 is 1.57. The van der Waals surface area contributed by atoms with Gasteiger partial charge in [-0.1, -0.05) is 42.5 Å². The van der Waals surface area contributed by atoms with Crippen LogP contribution in [-0.2, 0) is 0 Å². The zero-order chi connectivity index (χ0) is 17.8. The highest BCUT2D eigenvalue weighted by molar-refractivity contribution is 7.07. The Kier molecular flexibility index (Phi) is 5.14. The molecule has 3 aromatic rings. The van der Waals surface area contributed by atoms with Crippen LogP contribution in [0, 0.1) is 6.92 Å². The normalized spacial score (nSPS) is 12.6. The van der Waals surface area contributed by atoms with Crippen LogP contribution in [0.3, 0.4) is 0 Å². The number of aromatic nitrogens is 1. The highest BCUT2D eigenvalue weighted by atomic mass is 32.1. The van der Waals surface area contributed by atoms with Crippen LogP contribution in [0.15, 0.2) is 74.5 Å². The topological polar surface area (TPSA) is 42.8 Å². The van der Waals surface area contributed by atoms with Crippen molar-refractivity contribution in [1.29, 1.82) is 0 Å². The summed E-state index contributed by atoms with van der Waals surface area (Å²) in [4.78, 5) is 5.49. The minimum Gasteiger partial charge on any atom is -0.460 e. The van der Waals surface area contributed by atoms with Gasteiger partial charge in [0.25, 0.3) is 0 Å². The van der Waals surface area contributed by atoms with Crippen LogP contribution in [0.1, 0.15) is 25.4 Å². The second kappa shape index (κ2) is 7.49. The monoisotopic (exact) mass is 351 g/mol. The van der Waals surface area contributed by atoms with Gasteiger partial charge >= 0.3 is 0 Å². The number of thiazole rings is 1. The summed E-state index contributed by atoms with van der Waals surface area (Å²) in [6.07, 6.45) is 0. The fourth-order valence-corrected chi connectivity index (χ4v) is 3.17. The SMILES string of the molecule is C=C(C)CN=c1scc(-c2ccccc2)n1N=C(C)c1ccc(C)o1. The Morgan fingerprint density at radius 2 is 1.92 bits per heavy atom. The Bertz CT molecular complexity index is 974. The van der Waals surface area contributed by atoms with Crippen LogP contribution in [0.4, 0.5) is 0 Å². The van der Waals surface area contributed by atoms with Crippen LogP contribution in [0.25, 0.3) is 11.3 Å². The fraction of sp³-hybridized carbons (Fsp3) is 0.200. The van der Waals surface area contributed by atoms with E-state index in [1.54, 1.807) is 11.3 Å². The van der Waals surface area contributed by atoms with Gasteiger partial charge in [0.2, 0.25) is 4.80 Å². The zero-order valence-electron chi connectivity index (χ0n) is 14.7. The number of benzene rings is 1. The van der Waals surface area contributed by atoms with Gasteiger partial charge in [-0.3, -0.25) is 4.99 Å². The summed E-state index contributed by atoms with van der Waals surface area (Å²) < 4.78 is 7.58. The van der Waals surface area contributed by atoms with Crippen molar-refractivity contribution in [1.82, 2.24) is 4.68 Å². The molecule has 0 spiro atoms. The molecule has 0 saturated carbocycles. The van der Waals surface area contributed by atoms with Gasteiger partial charge in [-0.2, -0.15) is 5.10 Å². The molecule has 2 aromatic heterocycles. The lowest BCUT2D eigenvalue weighted by Gasteiger charge is -2.05. The van der Waals surface area contributed by atoms with Gasteiger partial charge in [0.1, 0.15) is 17.2 Å². The van der Waals surface area contributed by atoms with E-state index in [4.69, 9.17) is 9.52 Å². The lowest BCUT2D eigenvalue weighted by atomic mass is 10.2. The number of furan rings is 1. The average molecular weight is 351 g/mol. The molecule has 0 unspecified atom stereocenters. The lowest BCUT2D eigenvalue weighted by molar-refractivity contribution is 0.524. The fourth-order valence-electron chi connectivity index (χ4n) is 2.34. The smallest absolute Gasteiger partial charge is 0.206 e. The van der Waals surface area contributed by atoms with Crippen LogP contribution < -0.4 is 4.80 Å². The van der Waals surface area contributed by atoms with E-state index in [2.05, 4.69) is 29.1 Å². The van der Waals surface area contributed by atoms with E-state index in [0.717, 1.165) is 38.9 Å². The van der Waals surface area contributed by atoms with E-state index in [1.807, 2.05) is 55.8 Å². The average Bonchev–Trinajstić information content (AvgIpc) is 3.20. The Labute approximate surface area is 151 Å². The highest BCUT2D eigenvalue weighted by Gasteiger charge is 2.09. The van der Waals surface area contributed by atoms with E-state index < -0.39 is 0 Å². The maximum atomic E-state index is 5.69. The van der Waals surface area contributed by atoms with E-state index in [1.165, 1.54) is 0 Å². The second-order valence-electron chi connectivity index (χ2n) is 5.95.